The summed E-state index contributed by atoms with van der Waals surface area (Å²) in [5, 5.41) is 0. The lowest BCUT2D eigenvalue weighted by Gasteiger charge is -2.25. The summed E-state index contributed by atoms with van der Waals surface area (Å²) in [6, 6.07) is 3.90. The molecule has 0 aliphatic heterocycles. The highest BCUT2D eigenvalue weighted by atomic mass is 31.2. The number of allylic oxidation sites excluding steroid dienone is 4. The Bertz CT molecular complexity index is 663. The quantitative estimate of drug-likeness (QED) is 0.721. The summed E-state index contributed by atoms with van der Waals surface area (Å²) in [5.41, 5.74) is 2.64. The number of aryl methyl sites for hydroxylation is 3. The number of benzene rings is 1. The maximum atomic E-state index is 13.4. The summed E-state index contributed by atoms with van der Waals surface area (Å²) in [6.45, 7) is 7.81. The van der Waals surface area contributed by atoms with Crippen LogP contribution in [0.3, 0.4) is 0 Å². The molecule has 1 aliphatic carbocycles. The van der Waals surface area contributed by atoms with Gasteiger partial charge in [-0.25, -0.2) is 0 Å². The van der Waals surface area contributed by atoms with Crippen LogP contribution in [0.1, 0.15) is 40.4 Å². The van der Waals surface area contributed by atoms with Crippen molar-refractivity contribution in [2.75, 3.05) is 6.61 Å². The van der Waals surface area contributed by atoms with E-state index in [-0.39, 0.29) is 17.8 Å². The van der Waals surface area contributed by atoms with Crippen LogP contribution >= 0.6 is 7.37 Å². The number of carbonyl (C=O) groups is 1. The standard InChI is InChI=1S/C18H23O3P/c1-5-21-22(20,16-9-7-6-8-10-16)18(19)17-14(3)11-13(2)12-15(17)4/h6-9,11-12,16H,5,10H2,1-4H3. The number of hydrogen-bond acceptors (Lipinski definition) is 3. The van der Waals surface area contributed by atoms with Crippen molar-refractivity contribution in [3.63, 3.8) is 0 Å². The maximum absolute atomic E-state index is 13.4. The molecule has 0 saturated heterocycles. The van der Waals surface area contributed by atoms with Crippen molar-refractivity contribution in [1.29, 1.82) is 0 Å². The second kappa shape index (κ2) is 6.76. The molecule has 2 unspecified atom stereocenters. The first-order chi connectivity index (χ1) is 10.4. The van der Waals surface area contributed by atoms with E-state index in [2.05, 4.69) is 0 Å². The highest BCUT2D eigenvalue weighted by Gasteiger charge is 2.41. The van der Waals surface area contributed by atoms with Gasteiger partial charge in [-0.15, -0.1) is 0 Å². The molecule has 1 aliphatic rings. The van der Waals surface area contributed by atoms with E-state index in [9.17, 15) is 9.36 Å². The van der Waals surface area contributed by atoms with Crippen LogP contribution in [0.5, 0.6) is 0 Å². The van der Waals surface area contributed by atoms with Crippen LogP contribution in [0.2, 0.25) is 0 Å². The third-order valence-electron chi connectivity index (χ3n) is 3.89. The zero-order valence-corrected chi connectivity index (χ0v) is 14.5. The second-order valence-electron chi connectivity index (χ2n) is 5.71. The molecular formula is C18H23O3P. The van der Waals surface area contributed by atoms with Gasteiger partial charge in [0, 0.05) is 5.56 Å². The summed E-state index contributed by atoms with van der Waals surface area (Å²) in [4.78, 5) is 13.1. The van der Waals surface area contributed by atoms with Gasteiger partial charge < -0.3 is 4.52 Å². The molecule has 0 saturated carbocycles. The Morgan fingerprint density at radius 3 is 2.36 bits per heavy atom. The molecule has 4 heteroatoms. The van der Waals surface area contributed by atoms with Crippen LogP contribution in [0.15, 0.2) is 36.4 Å². The molecule has 0 radical (unpaired) electrons. The fourth-order valence-electron chi connectivity index (χ4n) is 2.99. The van der Waals surface area contributed by atoms with Gasteiger partial charge in [0.05, 0.1) is 12.3 Å². The Morgan fingerprint density at radius 2 is 1.86 bits per heavy atom. The molecule has 3 nitrogen and oxygen atoms in total. The molecule has 0 spiro atoms. The highest BCUT2D eigenvalue weighted by molar-refractivity contribution is 7.77. The summed E-state index contributed by atoms with van der Waals surface area (Å²) < 4.78 is 18.9. The minimum Gasteiger partial charge on any atom is -0.323 e. The van der Waals surface area contributed by atoms with E-state index in [1.54, 1.807) is 6.92 Å². The fourth-order valence-corrected chi connectivity index (χ4v) is 5.37. The largest absolute Gasteiger partial charge is 0.323 e. The molecule has 1 aromatic rings. The third-order valence-corrected chi connectivity index (χ3v) is 6.58. The molecular weight excluding hydrogens is 295 g/mol. The number of rotatable bonds is 5. The molecule has 2 rings (SSSR count). The molecule has 0 N–H and O–H groups in total. The minimum atomic E-state index is -3.45. The van der Waals surface area contributed by atoms with Crippen molar-refractivity contribution in [1.82, 2.24) is 0 Å². The van der Waals surface area contributed by atoms with Crippen molar-refractivity contribution < 1.29 is 13.9 Å². The van der Waals surface area contributed by atoms with E-state index in [1.807, 2.05) is 57.2 Å². The first-order valence-corrected chi connectivity index (χ1v) is 9.30. The molecule has 0 aromatic heterocycles. The van der Waals surface area contributed by atoms with Gasteiger partial charge in [0.15, 0.2) is 0 Å². The van der Waals surface area contributed by atoms with E-state index in [0.29, 0.717) is 12.0 Å². The van der Waals surface area contributed by atoms with E-state index < -0.39 is 7.37 Å². The van der Waals surface area contributed by atoms with E-state index in [4.69, 9.17) is 4.52 Å². The van der Waals surface area contributed by atoms with Gasteiger partial charge in [-0.2, -0.15) is 0 Å². The first-order valence-electron chi connectivity index (χ1n) is 7.60. The number of hydrogen-bond donors (Lipinski definition) is 0. The molecule has 0 fully saturated rings. The third kappa shape index (κ3) is 3.16. The number of carbonyl (C=O) groups excluding carboxylic acids is 1. The van der Waals surface area contributed by atoms with Gasteiger partial charge in [-0.05, 0) is 45.2 Å². The topological polar surface area (TPSA) is 43.4 Å². The Labute approximate surface area is 132 Å². The van der Waals surface area contributed by atoms with E-state index in [0.717, 1.165) is 16.7 Å². The zero-order valence-electron chi connectivity index (χ0n) is 13.6. The summed E-state index contributed by atoms with van der Waals surface area (Å²) >= 11 is 0. The predicted octanol–water partition coefficient (Wildman–Crippen LogP) is 4.95. The Morgan fingerprint density at radius 1 is 1.23 bits per heavy atom. The van der Waals surface area contributed by atoms with Crippen LogP contribution in [-0.2, 0) is 9.09 Å². The van der Waals surface area contributed by atoms with Crippen molar-refractivity contribution in [2.45, 2.75) is 39.8 Å². The van der Waals surface area contributed by atoms with Crippen LogP contribution in [0.4, 0.5) is 0 Å². The lowest BCUT2D eigenvalue weighted by molar-refractivity contribution is 0.105. The van der Waals surface area contributed by atoms with Gasteiger partial charge >= 0.3 is 0 Å². The fraction of sp³-hybridized carbons (Fsp3) is 0.389. The van der Waals surface area contributed by atoms with Crippen LogP contribution in [0, 0.1) is 20.8 Å². The molecule has 118 valence electrons. The second-order valence-corrected chi connectivity index (χ2v) is 8.23. The average molecular weight is 318 g/mol. The molecule has 2 atom stereocenters. The predicted molar refractivity (Wildman–Crippen MR) is 90.9 cm³/mol. The highest BCUT2D eigenvalue weighted by Crippen LogP contribution is 2.57. The van der Waals surface area contributed by atoms with Gasteiger partial charge in [0.2, 0.25) is 5.52 Å². The molecule has 1 aromatic carbocycles. The first kappa shape index (κ1) is 16.9. The van der Waals surface area contributed by atoms with Crippen molar-refractivity contribution in [3.8, 4) is 0 Å². The van der Waals surface area contributed by atoms with Gasteiger partial charge in [0.1, 0.15) is 0 Å². The lowest BCUT2D eigenvalue weighted by Crippen LogP contribution is -2.18. The zero-order chi connectivity index (χ0) is 16.3. The van der Waals surface area contributed by atoms with Gasteiger partial charge in [-0.3, -0.25) is 9.36 Å². The summed E-state index contributed by atoms with van der Waals surface area (Å²) in [5.74, 6) is 0. The van der Waals surface area contributed by atoms with Crippen LogP contribution < -0.4 is 0 Å². The Kier molecular flexibility index (Phi) is 5.20. The van der Waals surface area contributed by atoms with Gasteiger partial charge in [0.25, 0.3) is 7.37 Å². The van der Waals surface area contributed by atoms with E-state index in [1.165, 1.54) is 0 Å². The van der Waals surface area contributed by atoms with Crippen molar-refractivity contribution >= 4 is 12.9 Å². The van der Waals surface area contributed by atoms with Crippen molar-refractivity contribution in [3.05, 3.63) is 58.7 Å². The Hall–Kier alpha value is -1.44. The smallest absolute Gasteiger partial charge is 0.278 e. The normalized spacial score (nSPS) is 19.9. The SMILES string of the molecule is CCOP(=O)(C(=O)c1c(C)cc(C)cc1C)C1C=CC=CC1. The lowest BCUT2D eigenvalue weighted by atomic mass is 10.0. The Balaban J connectivity index is 2.49. The molecule has 0 amide bonds. The monoisotopic (exact) mass is 318 g/mol. The summed E-state index contributed by atoms with van der Waals surface area (Å²) in [6.07, 6.45) is 8.07. The average Bonchev–Trinajstić information content (AvgIpc) is 2.47. The minimum absolute atomic E-state index is 0.265. The van der Waals surface area contributed by atoms with Gasteiger partial charge in [-0.1, -0.05) is 42.0 Å². The van der Waals surface area contributed by atoms with Crippen LogP contribution in [0.25, 0.3) is 0 Å². The summed E-state index contributed by atoms with van der Waals surface area (Å²) in [7, 11) is -3.45. The van der Waals surface area contributed by atoms with Crippen molar-refractivity contribution in [2.24, 2.45) is 0 Å². The maximum Gasteiger partial charge on any atom is 0.278 e. The van der Waals surface area contributed by atoms with E-state index >= 15 is 0 Å². The van der Waals surface area contributed by atoms with Crippen LogP contribution in [-0.4, -0.2) is 17.8 Å². The molecule has 0 bridgehead atoms. The molecule has 22 heavy (non-hydrogen) atoms. The molecule has 0 heterocycles.